The zero-order valence-electron chi connectivity index (χ0n) is 10.5. The maximum atomic E-state index is 10.6. The summed E-state index contributed by atoms with van der Waals surface area (Å²) < 4.78 is 31.7. The second kappa shape index (κ2) is 5.74. The van der Waals surface area contributed by atoms with Crippen LogP contribution in [0.2, 0.25) is 0 Å². The number of aliphatic carboxylic acids is 1. The minimum absolute atomic E-state index is 0.950. The predicted octanol–water partition coefficient (Wildman–Crippen LogP) is 3.37. The lowest BCUT2D eigenvalue weighted by Crippen LogP contribution is -2.21. The molecule has 7 heteroatoms. The van der Waals surface area contributed by atoms with Crippen LogP contribution in [0, 0.1) is 0 Å². The lowest BCUT2D eigenvalue weighted by atomic mass is 10.1. The van der Waals surface area contributed by atoms with Crippen LogP contribution in [0.15, 0.2) is 48.7 Å². The number of carboxylic acids is 1. The van der Waals surface area contributed by atoms with E-state index in [1.54, 1.807) is 0 Å². The van der Waals surface area contributed by atoms with Gasteiger partial charge in [-0.05, 0) is 16.8 Å². The molecule has 0 spiro atoms. The van der Waals surface area contributed by atoms with Crippen LogP contribution in [0.25, 0.3) is 22.0 Å². The number of rotatable bonds is 0. The van der Waals surface area contributed by atoms with Crippen molar-refractivity contribution >= 4 is 16.7 Å². The smallest absolute Gasteiger partial charge is 0.475 e. The highest BCUT2D eigenvalue weighted by atomic mass is 19.4. The van der Waals surface area contributed by atoms with Gasteiger partial charge in [-0.1, -0.05) is 36.4 Å². The monoisotopic (exact) mass is 294 g/mol. The molecule has 1 aliphatic heterocycles. The molecule has 4 nitrogen and oxygen atoms in total. The Labute approximate surface area is 117 Å². The maximum Gasteiger partial charge on any atom is 0.490 e. The Kier molecular flexibility index (Phi) is 4.02. The topological polar surface area (TPSA) is 63.1 Å². The largest absolute Gasteiger partial charge is 0.490 e. The summed E-state index contributed by atoms with van der Waals surface area (Å²) in [6.45, 7) is 0. The van der Waals surface area contributed by atoms with E-state index < -0.39 is 12.1 Å². The standard InChI is InChI=1S/C12H8N2.C2HF3O2/c1-2-6-10-9(4-1)5-3-7-12-11(10)8-13-14-12;3-2(4,5)1(6)7/h1-8H;(H,6,7). The van der Waals surface area contributed by atoms with Gasteiger partial charge < -0.3 is 5.11 Å². The molecule has 1 aromatic rings. The first-order chi connectivity index (χ1) is 9.89. The minimum atomic E-state index is -5.08. The molecule has 0 amide bonds. The number of fused-ring (bicyclic) bond motifs is 3. The fraction of sp³-hybridized carbons (Fsp3) is 0.0714. The summed E-state index contributed by atoms with van der Waals surface area (Å²) in [5, 5.41) is 17.5. The highest BCUT2D eigenvalue weighted by Gasteiger charge is 2.38. The Hall–Kier alpha value is -2.70. The summed E-state index contributed by atoms with van der Waals surface area (Å²) in [5.41, 5.74) is 2.07. The summed E-state index contributed by atoms with van der Waals surface area (Å²) in [6, 6.07) is 14.4. The van der Waals surface area contributed by atoms with Gasteiger partial charge in [-0.15, -0.1) is 0 Å². The molecule has 2 aliphatic rings. The molecule has 3 rings (SSSR count). The van der Waals surface area contributed by atoms with E-state index >= 15 is 0 Å². The van der Waals surface area contributed by atoms with E-state index in [1.165, 1.54) is 10.8 Å². The molecule has 1 N–H and O–H groups in total. The average Bonchev–Trinajstić information content (AvgIpc) is 2.81. The van der Waals surface area contributed by atoms with E-state index in [2.05, 4.69) is 28.4 Å². The lowest BCUT2D eigenvalue weighted by molar-refractivity contribution is -0.192. The van der Waals surface area contributed by atoms with E-state index in [9.17, 15) is 13.2 Å². The van der Waals surface area contributed by atoms with Gasteiger partial charge in [0.15, 0.2) is 0 Å². The molecule has 108 valence electrons. The number of carbonyl (C=O) groups is 1. The van der Waals surface area contributed by atoms with Crippen LogP contribution in [-0.2, 0) is 4.79 Å². The van der Waals surface area contributed by atoms with Crippen molar-refractivity contribution in [3.05, 3.63) is 48.7 Å². The van der Waals surface area contributed by atoms with Gasteiger partial charge in [0.25, 0.3) is 0 Å². The molecule has 0 bridgehead atoms. The van der Waals surface area contributed by atoms with Crippen molar-refractivity contribution in [3.8, 4) is 11.3 Å². The molecule has 0 atom stereocenters. The zero-order valence-corrected chi connectivity index (χ0v) is 10.5. The normalized spacial score (nSPS) is 11.0. The van der Waals surface area contributed by atoms with Crippen LogP contribution >= 0.6 is 0 Å². The molecular weight excluding hydrogens is 285 g/mol. The van der Waals surface area contributed by atoms with Gasteiger partial charge in [-0.2, -0.15) is 23.4 Å². The number of carboxylic acid groups (broad SMARTS) is 1. The Morgan fingerprint density at radius 3 is 2.33 bits per heavy atom. The summed E-state index contributed by atoms with van der Waals surface area (Å²) >= 11 is 0. The quantitative estimate of drug-likeness (QED) is 0.690. The third-order valence-electron chi connectivity index (χ3n) is 2.65. The zero-order chi connectivity index (χ0) is 15.5. The second-order valence-electron chi connectivity index (χ2n) is 4.06. The van der Waals surface area contributed by atoms with Crippen molar-refractivity contribution in [1.82, 2.24) is 10.2 Å². The highest BCUT2D eigenvalue weighted by molar-refractivity contribution is 5.95. The van der Waals surface area contributed by atoms with Crippen LogP contribution in [0.4, 0.5) is 13.2 Å². The lowest BCUT2D eigenvalue weighted by Gasteiger charge is -1.94. The van der Waals surface area contributed by atoms with Gasteiger partial charge in [-0.3, -0.25) is 0 Å². The molecule has 21 heavy (non-hydrogen) atoms. The average molecular weight is 294 g/mol. The molecule has 1 aliphatic carbocycles. The van der Waals surface area contributed by atoms with E-state index in [0.29, 0.717) is 0 Å². The van der Waals surface area contributed by atoms with E-state index in [4.69, 9.17) is 9.90 Å². The van der Waals surface area contributed by atoms with Crippen LogP contribution in [0.1, 0.15) is 0 Å². The van der Waals surface area contributed by atoms with Gasteiger partial charge >= 0.3 is 12.1 Å². The number of aromatic nitrogens is 2. The van der Waals surface area contributed by atoms with Crippen molar-refractivity contribution in [2.24, 2.45) is 0 Å². The second-order valence-corrected chi connectivity index (χ2v) is 4.06. The Morgan fingerprint density at radius 2 is 1.67 bits per heavy atom. The molecule has 1 heterocycles. The van der Waals surface area contributed by atoms with Gasteiger partial charge in [0.05, 0.1) is 11.9 Å². The maximum absolute atomic E-state index is 10.6. The van der Waals surface area contributed by atoms with Crippen LogP contribution in [0.5, 0.6) is 0 Å². The van der Waals surface area contributed by atoms with E-state index in [0.717, 1.165) is 11.3 Å². The van der Waals surface area contributed by atoms with E-state index in [1.807, 2.05) is 30.5 Å². The molecule has 0 unspecified atom stereocenters. The first kappa shape index (κ1) is 14.7. The van der Waals surface area contributed by atoms with Gasteiger partial charge in [0.1, 0.15) is 0 Å². The van der Waals surface area contributed by atoms with Crippen molar-refractivity contribution in [1.29, 1.82) is 0 Å². The highest BCUT2D eigenvalue weighted by Crippen LogP contribution is 2.26. The first-order valence-electron chi connectivity index (χ1n) is 5.79. The number of hydrogen-bond acceptors (Lipinski definition) is 3. The number of nitrogens with zero attached hydrogens (tertiary/aromatic N) is 2. The Morgan fingerprint density at radius 1 is 1.05 bits per heavy atom. The molecule has 0 aromatic heterocycles. The van der Waals surface area contributed by atoms with Gasteiger partial charge in [-0.25, -0.2) is 4.79 Å². The number of benzene rings is 1. The molecule has 0 radical (unpaired) electrons. The SMILES string of the molecule is O=C(O)C(F)(F)F.c1ccc2c3cnnc-3cccc2c1. The van der Waals surface area contributed by atoms with Gasteiger partial charge in [0.2, 0.25) is 0 Å². The molecule has 0 saturated carbocycles. The van der Waals surface area contributed by atoms with Crippen molar-refractivity contribution in [2.75, 3.05) is 0 Å². The Balaban J connectivity index is 0.000000199. The summed E-state index contributed by atoms with van der Waals surface area (Å²) in [7, 11) is 0. The van der Waals surface area contributed by atoms with Crippen molar-refractivity contribution in [2.45, 2.75) is 6.18 Å². The molecule has 1 aromatic carbocycles. The van der Waals surface area contributed by atoms with Gasteiger partial charge in [0, 0.05) is 5.56 Å². The fourth-order valence-corrected chi connectivity index (χ4v) is 1.73. The third kappa shape index (κ3) is 3.44. The number of halogens is 3. The number of alkyl halides is 3. The van der Waals surface area contributed by atoms with Crippen LogP contribution in [-0.4, -0.2) is 27.4 Å². The third-order valence-corrected chi connectivity index (χ3v) is 2.65. The Bertz CT molecular complexity index is 744. The predicted molar refractivity (Wildman–Crippen MR) is 69.9 cm³/mol. The number of hydrogen-bond donors (Lipinski definition) is 1. The molecule has 0 saturated heterocycles. The first-order valence-corrected chi connectivity index (χ1v) is 5.79. The van der Waals surface area contributed by atoms with E-state index in [-0.39, 0.29) is 0 Å². The summed E-state index contributed by atoms with van der Waals surface area (Å²) in [6.07, 6.45) is -3.27. The summed E-state index contributed by atoms with van der Waals surface area (Å²) in [4.78, 5) is 8.90. The summed E-state index contributed by atoms with van der Waals surface area (Å²) in [5.74, 6) is -2.76. The molecule has 0 fully saturated rings. The minimum Gasteiger partial charge on any atom is -0.475 e. The fourth-order valence-electron chi connectivity index (χ4n) is 1.73. The van der Waals surface area contributed by atoms with Crippen molar-refractivity contribution < 1.29 is 23.1 Å². The van der Waals surface area contributed by atoms with Crippen LogP contribution < -0.4 is 0 Å². The van der Waals surface area contributed by atoms with Crippen LogP contribution in [0.3, 0.4) is 0 Å². The molecular formula is C14H9F3N2O2. The van der Waals surface area contributed by atoms with Crippen molar-refractivity contribution in [3.63, 3.8) is 0 Å².